The maximum absolute atomic E-state index is 13.9. The van der Waals surface area contributed by atoms with Crippen molar-refractivity contribution in [3.8, 4) is 0 Å². The zero-order valence-corrected chi connectivity index (χ0v) is 22.3. The molecule has 1 aliphatic carbocycles. The maximum atomic E-state index is 13.9. The van der Waals surface area contributed by atoms with Crippen LogP contribution < -0.4 is 10.6 Å². The van der Waals surface area contributed by atoms with Gasteiger partial charge in [0, 0.05) is 18.3 Å². The summed E-state index contributed by atoms with van der Waals surface area (Å²) >= 11 is 5.88. The highest BCUT2D eigenvalue weighted by Crippen LogP contribution is 2.55. The van der Waals surface area contributed by atoms with E-state index in [0.717, 1.165) is 32.1 Å². The molecule has 0 aromatic heterocycles. The Morgan fingerprint density at radius 2 is 2.03 bits per heavy atom. The number of carbonyl (C=O) groups is 3. The molecule has 2 saturated heterocycles. The maximum Gasteiger partial charge on any atom is 0.246 e. The molecular weight excluding hydrogens is 497 g/mol. The third-order valence-electron chi connectivity index (χ3n) is 8.90. The van der Waals surface area contributed by atoms with Gasteiger partial charge in [0.05, 0.1) is 23.0 Å². The summed E-state index contributed by atoms with van der Waals surface area (Å²) in [5.41, 5.74) is -0.855. The Labute approximate surface area is 222 Å². The average Bonchev–Trinajstić information content (AvgIpc) is 3.50. The number of ether oxygens (including phenoxy) is 1. The Hall–Kier alpha value is -2.45. The van der Waals surface area contributed by atoms with Crippen LogP contribution in [-0.4, -0.2) is 53.0 Å². The van der Waals surface area contributed by atoms with Crippen molar-refractivity contribution in [2.45, 2.75) is 76.7 Å². The molecule has 5 rings (SSSR count). The molecule has 1 saturated carbocycles. The van der Waals surface area contributed by atoms with E-state index in [0.29, 0.717) is 24.1 Å². The fourth-order valence-electron chi connectivity index (χ4n) is 6.68. The molecule has 3 aliphatic heterocycles. The van der Waals surface area contributed by atoms with E-state index in [1.807, 2.05) is 13.0 Å². The molecule has 3 fully saturated rings. The number of nitrogens with one attached hydrogen (secondary N) is 2. The van der Waals surface area contributed by atoms with Crippen LogP contribution in [0.15, 0.2) is 30.4 Å². The minimum absolute atomic E-state index is 0.0414. The molecule has 3 amide bonds. The van der Waals surface area contributed by atoms with Crippen molar-refractivity contribution in [3.63, 3.8) is 0 Å². The van der Waals surface area contributed by atoms with Crippen molar-refractivity contribution in [2.75, 3.05) is 11.9 Å². The summed E-state index contributed by atoms with van der Waals surface area (Å²) in [6.45, 7) is 6.84. The third kappa shape index (κ3) is 4.36. The summed E-state index contributed by atoms with van der Waals surface area (Å²) < 4.78 is 20.0. The first-order chi connectivity index (χ1) is 17.7. The van der Waals surface area contributed by atoms with Crippen LogP contribution in [0.25, 0.3) is 0 Å². The lowest BCUT2D eigenvalue weighted by Gasteiger charge is -2.38. The largest absolute Gasteiger partial charge is 0.359 e. The monoisotopic (exact) mass is 531 g/mol. The van der Waals surface area contributed by atoms with E-state index in [1.54, 1.807) is 11.0 Å². The van der Waals surface area contributed by atoms with Crippen LogP contribution in [0.1, 0.15) is 52.9 Å². The zero-order chi connectivity index (χ0) is 26.5. The molecular formula is C28H35ClFN3O4. The summed E-state index contributed by atoms with van der Waals surface area (Å²) in [4.78, 5) is 42.8. The molecule has 0 radical (unpaired) electrons. The molecule has 1 aromatic rings. The van der Waals surface area contributed by atoms with Gasteiger partial charge in [-0.2, -0.15) is 0 Å². The summed E-state index contributed by atoms with van der Waals surface area (Å²) in [6, 6.07) is 3.14. The van der Waals surface area contributed by atoms with Crippen LogP contribution in [0.3, 0.4) is 0 Å². The Balaban J connectivity index is 1.42. The molecule has 8 unspecified atom stereocenters. The molecule has 4 aliphatic rings. The molecule has 3 heterocycles. The summed E-state index contributed by atoms with van der Waals surface area (Å²) in [5, 5.41) is 5.92. The van der Waals surface area contributed by atoms with E-state index in [-0.39, 0.29) is 22.9 Å². The summed E-state index contributed by atoms with van der Waals surface area (Å²) in [6.07, 6.45) is 7.71. The average molecular weight is 532 g/mol. The second-order valence-corrected chi connectivity index (χ2v) is 11.5. The van der Waals surface area contributed by atoms with Gasteiger partial charge in [0.1, 0.15) is 17.5 Å². The molecule has 2 bridgehead atoms. The van der Waals surface area contributed by atoms with Gasteiger partial charge in [0.15, 0.2) is 0 Å². The van der Waals surface area contributed by atoms with Crippen LogP contribution in [0.5, 0.6) is 0 Å². The highest BCUT2D eigenvalue weighted by molar-refractivity contribution is 6.31. The number of rotatable bonds is 7. The Bertz CT molecular complexity index is 1130. The van der Waals surface area contributed by atoms with Crippen molar-refractivity contribution >= 4 is 35.0 Å². The van der Waals surface area contributed by atoms with Crippen LogP contribution in [0.2, 0.25) is 5.02 Å². The fourth-order valence-corrected chi connectivity index (χ4v) is 6.86. The second kappa shape index (κ2) is 10.0. The number of likely N-dealkylation sites (tertiary alicyclic amines) is 1. The number of unbranched alkanes of at least 4 members (excludes halogenated alkanes) is 1. The fraction of sp³-hybridized carbons (Fsp3) is 0.607. The Kier molecular flexibility index (Phi) is 7.09. The SMILES string of the molecule is CCCCN1C(=O)C2C(C(=O)Nc3ccc(F)c(Cl)c3)C3C=CC2(O3)C1C(=O)NC1CCCC(C)C1C. The lowest BCUT2D eigenvalue weighted by molar-refractivity contribution is -0.141. The van der Waals surface area contributed by atoms with Crippen molar-refractivity contribution in [1.29, 1.82) is 0 Å². The normalized spacial score (nSPS) is 36.1. The van der Waals surface area contributed by atoms with Crippen LogP contribution in [-0.2, 0) is 19.1 Å². The highest BCUT2D eigenvalue weighted by Gasteiger charge is 2.72. The van der Waals surface area contributed by atoms with Crippen molar-refractivity contribution < 1.29 is 23.5 Å². The predicted octanol–water partition coefficient (Wildman–Crippen LogP) is 4.31. The van der Waals surface area contributed by atoms with E-state index in [4.69, 9.17) is 16.3 Å². The smallest absolute Gasteiger partial charge is 0.246 e. The number of halogens is 2. The van der Waals surface area contributed by atoms with Crippen molar-refractivity contribution in [1.82, 2.24) is 10.2 Å². The Morgan fingerprint density at radius 3 is 2.76 bits per heavy atom. The number of carbonyl (C=O) groups excluding carboxylic acids is 3. The predicted molar refractivity (Wildman–Crippen MR) is 138 cm³/mol. The molecule has 8 atom stereocenters. The van der Waals surface area contributed by atoms with Gasteiger partial charge < -0.3 is 20.3 Å². The van der Waals surface area contributed by atoms with Crippen LogP contribution in [0, 0.1) is 29.5 Å². The first-order valence-corrected chi connectivity index (χ1v) is 13.8. The molecule has 200 valence electrons. The minimum atomic E-state index is -1.19. The van der Waals surface area contributed by atoms with Gasteiger partial charge in [-0.15, -0.1) is 0 Å². The number of hydrogen-bond acceptors (Lipinski definition) is 4. The highest BCUT2D eigenvalue weighted by atomic mass is 35.5. The quantitative estimate of drug-likeness (QED) is 0.513. The molecule has 1 aromatic carbocycles. The van der Waals surface area contributed by atoms with E-state index >= 15 is 0 Å². The minimum Gasteiger partial charge on any atom is -0.359 e. The lowest BCUT2D eigenvalue weighted by Crippen LogP contribution is -2.58. The van der Waals surface area contributed by atoms with Gasteiger partial charge in [0.2, 0.25) is 17.7 Å². The number of amides is 3. The van der Waals surface area contributed by atoms with Gasteiger partial charge in [-0.1, -0.05) is 63.8 Å². The zero-order valence-electron chi connectivity index (χ0n) is 21.5. The number of anilines is 1. The topological polar surface area (TPSA) is 87.7 Å². The first-order valence-electron chi connectivity index (χ1n) is 13.4. The summed E-state index contributed by atoms with van der Waals surface area (Å²) in [7, 11) is 0. The van der Waals surface area contributed by atoms with Gasteiger partial charge >= 0.3 is 0 Å². The number of nitrogens with zero attached hydrogens (tertiary/aromatic N) is 1. The third-order valence-corrected chi connectivity index (χ3v) is 9.19. The molecule has 7 nitrogen and oxygen atoms in total. The van der Waals surface area contributed by atoms with E-state index in [9.17, 15) is 18.8 Å². The first kappa shape index (κ1) is 26.2. The summed E-state index contributed by atoms with van der Waals surface area (Å²) in [5.74, 6) is -2.22. The van der Waals surface area contributed by atoms with E-state index in [2.05, 4.69) is 24.5 Å². The molecule has 9 heteroatoms. The molecule has 37 heavy (non-hydrogen) atoms. The lowest BCUT2D eigenvalue weighted by atomic mass is 9.73. The number of hydrogen-bond donors (Lipinski definition) is 2. The number of benzene rings is 1. The standard InChI is InChI=1S/C28H35ClFN3O4/c1-4-5-13-33-24(26(35)32-20-8-6-7-15(2)16(20)3)28-12-11-21(37-28)22(23(28)27(33)36)25(34)31-17-9-10-19(30)18(29)14-17/h9-12,14-16,20-24H,4-8,13H2,1-3H3,(H,31,34)(H,32,35). The Morgan fingerprint density at radius 1 is 1.24 bits per heavy atom. The van der Waals surface area contributed by atoms with E-state index in [1.165, 1.54) is 18.2 Å². The number of fused-ring (bicyclic) bond motifs is 1. The van der Waals surface area contributed by atoms with Crippen LogP contribution >= 0.6 is 11.6 Å². The van der Waals surface area contributed by atoms with Gasteiger partial charge in [-0.3, -0.25) is 14.4 Å². The second-order valence-electron chi connectivity index (χ2n) is 11.1. The molecule has 2 N–H and O–H groups in total. The van der Waals surface area contributed by atoms with Gasteiger partial charge in [-0.25, -0.2) is 4.39 Å². The van der Waals surface area contributed by atoms with Gasteiger partial charge in [0.25, 0.3) is 0 Å². The molecule has 1 spiro atoms. The van der Waals surface area contributed by atoms with Crippen molar-refractivity contribution in [2.24, 2.45) is 23.7 Å². The van der Waals surface area contributed by atoms with E-state index < -0.39 is 41.3 Å². The van der Waals surface area contributed by atoms with Gasteiger partial charge in [-0.05, 0) is 42.9 Å². The van der Waals surface area contributed by atoms with Crippen LogP contribution in [0.4, 0.5) is 10.1 Å². The van der Waals surface area contributed by atoms with Crippen molar-refractivity contribution in [3.05, 3.63) is 41.2 Å².